The lowest BCUT2D eigenvalue weighted by Crippen LogP contribution is -2.36. The molecule has 36 heavy (non-hydrogen) atoms. The SMILES string of the molecule is CSCCNC(=O)c1nc(-c2nn(Cc3ccccc3F)c3ncccc23)nc2c1C(C)(C)C(N)=N2. The van der Waals surface area contributed by atoms with Gasteiger partial charge in [0.05, 0.1) is 17.3 Å². The quantitative estimate of drug-likeness (QED) is 0.370. The van der Waals surface area contributed by atoms with E-state index in [0.29, 0.717) is 46.1 Å². The van der Waals surface area contributed by atoms with Crippen molar-refractivity contribution in [3.05, 3.63) is 65.2 Å². The number of amidine groups is 1. The summed E-state index contributed by atoms with van der Waals surface area (Å²) in [5, 5.41) is 8.30. The Morgan fingerprint density at radius 2 is 2.00 bits per heavy atom. The first kappa shape index (κ1) is 23.9. The predicted molar refractivity (Wildman–Crippen MR) is 139 cm³/mol. The Morgan fingerprint density at radius 3 is 2.78 bits per heavy atom. The van der Waals surface area contributed by atoms with Crippen molar-refractivity contribution in [1.29, 1.82) is 0 Å². The molecule has 0 radical (unpaired) electrons. The molecule has 0 bridgehead atoms. The number of rotatable bonds is 7. The average Bonchev–Trinajstić information content (AvgIpc) is 3.34. The summed E-state index contributed by atoms with van der Waals surface area (Å²) in [5.41, 5.74) is 7.76. The van der Waals surface area contributed by atoms with Gasteiger partial charge in [0.15, 0.2) is 17.3 Å². The molecule has 0 aliphatic carbocycles. The summed E-state index contributed by atoms with van der Waals surface area (Å²) in [4.78, 5) is 31.5. The van der Waals surface area contributed by atoms with Crippen molar-refractivity contribution >= 4 is 40.4 Å². The van der Waals surface area contributed by atoms with E-state index in [1.54, 1.807) is 46.9 Å². The molecule has 5 rings (SSSR count). The lowest BCUT2D eigenvalue weighted by atomic mass is 9.84. The summed E-state index contributed by atoms with van der Waals surface area (Å²) >= 11 is 1.63. The van der Waals surface area contributed by atoms with E-state index in [4.69, 9.17) is 10.8 Å². The zero-order chi connectivity index (χ0) is 25.4. The van der Waals surface area contributed by atoms with Crippen molar-refractivity contribution in [3.8, 4) is 11.5 Å². The summed E-state index contributed by atoms with van der Waals surface area (Å²) in [6, 6.07) is 10.2. The van der Waals surface area contributed by atoms with Crippen molar-refractivity contribution in [2.75, 3.05) is 18.6 Å². The Hall–Kier alpha value is -3.86. The highest BCUT2D eigenvalue weighted by atomic mass is 32.2. The van der Waals surface area contributed by atoms with Gasteiger partial charge in [-0.05, 0) is 38.3 Å². The van der Waals surface area contributed by atoms with Gasteiger partial charge in [-0.3, -0.25) is 4.79 Å². The number of aromatic nitrogens is 5. The number of pyridine rings is 1. The predicted octanol–water partition coefficient (Wildman–Crippen LogP) is 3.45. The molecule has 0 fully saturated rings. The average molecular weight is 505 g/mol. The van der Waals surface area contributed by atoms with Crippen molar-refractivity contribution in [2.24, 2.45) is 10.7 Å². The Kier molecular flexibility index (Phi) is 6.17. The molecule has 0 unspecified atom stereocenters. The van der Waals surface area contributed by atoms with Crippen molar-refractivity contribution in [3.63, 3.8) is 0 Å². The standard InChI is InChI=1S/C25H25FN8OS/c1-25(2)17-19(23(35)29-11-12-36-3)30-21(31-20(17)32-24(25)27)18-15-8-6-10-28-22(15)34(33-18)13-14-7-4-5-9-16(14)26/h4-10H,11-13H2,1-3H3,(H,29,35)(H2,27,30,31,32). The number of hydrogen-bond donors (Lipinski definition) is 2. The van der Waals surface area contributed by atoms with Gasteiger partial charge in [-0.25, -0.2) is 29.0 Å². The second-order valence-corrected chi connectivity index (χ2v) is 9.92. The van der Waals surface area contributed by atoms with Gasteiger partial charge in [0, 0.05) is 29.6 Å². The molecule has 0 saturated carbocycles. The van der Waals surface area contributed by atoms with Gasteiger partial charge in [0.25, 0.3) is 5.91 Å². The van der Waals surface area contributed by atoms with Gasteiger partial charge in [-0.15, -0.1) is 0 Å². The molecule has 3 N–H and O–H groups in total. The molecule has 1 aliphatic heterocycles. The molecule has 9 nitrogen and oxygen atoms in total. The zero-order valence-electron chi connectivity index (χ0n) is 20.1. The molecular weight excluding hydrogens is 479 g/mol. The third-order valence-electron chi connectivity index (χ3n) is 6.19. The molecule has 1 amide bonds. The molecular formula is C25H25FN8OS. The minimum atomic E-state index is -0.701. The number of carbonyl (C=O) groups excluding carboxylic acids is 1. The summed E-state index contributed by atoms with van der Waals surface area (Å²) in [6.07, 6.45) is 3.62. The van der Waals surface area contributed by atoms with E-state index in [0.717, 1.165) is 5.75 Å². The largest absolute Gasteiger partial charge is 0.386 e. The number of halogens is 1. The Bertz CT molecular complexity index is 1510. The molecule has 1 aromatic carbocycles. The normalized spacial score (nSPS) is 14.1. The molecule has 3 aromatic heterocycles. The number of nitrogens with one attached hydrogen (secondary N) is 1. The third kappa shape index (κ3) is 4.09. The lowest BCUT2D eigenvalue weighted by molar-refractivity contribution is 0.0949. The van der Waals surface area contributed by atoms with Crippen molar-refractivity contribution < 1.29 is 9.18 Å². The highest BCUT2D eigenvalue weighted by molar-refractivity contribution is 7.98. The van der Waals surface area contributed by atoms with Crippen LogP contribution >= 0.6 is 11.8 Å². The minimum Gasteiger partial charge on any atom is -0.386 e. The van der Waals surface area contributed by atoms with Crippen LogP contribution in [0.25, 0.3) is 22.6 Å². The van der Waals surface area contributed by atoms with Crippen LogP contribution in [0.4, 0.5) is 10.2 Å². The monoisotopic (exact) mass is 504 g/mol. The highest BCUT2D eigenvalue weighted by Gasteiger charge is 2.40. The number of benzene rings is 1. The van der Waals surface area contributed by atoms with Gasteiger partial charge >= 0.3 is 0 Å². The van der Waals surface area contributed by atoms with Gasteiger partial charge in [0.1, 0.15) is 23.0 Å². The van der Waals surface area contributed by atoms with Crippen LogP contribution in [0, 0.1) is 5.82 Å². The number of aliphatic imine (C=N–C) groups is 1. The van der Waals surface area contributed by atoms with Crippen LogP contribution in [-0.2, 0) is 12.0 Å². The number of nitrogens with zero attached hydrogens (tertiary/aromatic N) is 6. The second kappa shape index (κ2) is 9.30. The van der Waals surface area contributed by atoms with Crippen LogP contribution in [0.1, 0.15) is 35.5 Å². The van der Waals surface area contributed by atoms with E-state index in [2.05, 4.69) is 25.3 Å². The number of nitrogens with two attached hydrogens (primary N) is 1. The van der Waals surface area contributed by atoms with Crippen LogP contribution in [0.15, 0.2) is 47.6 Å². The number of hydrogen-bond acceptors (Lipinski definition) is 8. The number of fused-ring (bicyclic) bond motifs is 2. The zero-order valence-corrected chi connectivity index (χ0v) is 20.9. The lowest BCUT2D eigenvalue weighted by Gasteiger charge is -2.21. The van der Waals surface area contributed by atoms with E-state index in [1.165, 1.54) is 6.07 Å². The maximum Gasteiger partial charge on any atom is 0.270 e. The first-order valence-electron chi connectivity index (χ1n) is 11.4. The second-order valence-electron chi connectivity index (χ2n) is 8.94. The minimum absolute atomic E-state index is 0.172. The number of thioether (sulfide) groups is 1. The molecule has 0 spiro atoms. The van der Waals surface area contributed by atoms with E-state index < -0.39 is 5.41 Å². The molecule has 11 heteroatoms. The van der Waals surface area contributed by atoms with Crippen molar-refractivity contribution in [2.45, 2.75) is 25.8 Å². The maximum absolute atomic E-state index is 14.4. The van der Waals surface area contributed by atoms with Gasteiger partial charge in [-0.1, -0.05) is 18.2 Å². The first-order valence-corrected chi connectivity index (χ1v) is 12.8. The van der Waals surface area contributed by atoms with Crippen LogP contribution in [0.3, 0.4) is 0 Å². The van der Waals surface area contributed by atoms with E-state index in [1.807, 2.05) is 26.2 Å². The molecule has 0 saturated heterocycles. The highest BCUT2D eigenvalue weighted by Crippen LogP contribution is 2.40. The molecule has 184 valence electrons. The third-order valence-corrected chi connectivity index (χ3v) is 6.80. The molecule has 4 heterocycles. The van der Waals surface area contributed by atoms with Crippen molar-refractivity contribution in [1.82, 2.24) is 30.0 Å². The summed E-state index contributed by atoms with van der Waals surface area (Å²) < 4.78 is 16.0. The molecule has 0 atom stereocenters. The maximum atomic E-state index is 14.4. The first-order chi connectivity index (χ1) is 17.3. The fourth-order valence-corrected chi connectivity index (χ4v) is 4.49. The van der Waals surface area contributed by atoms with E-state index in [9.17, 15) is 9.18 Å². The van der Waals surface area contributed by atoms with Gasteiger partial charge in [-0.2, -0.15) is 16.9 Å². The molecule has 1 aliphatic rings. The fraction of sp³-hybridized carbons (Fsp3) is 0.280. The van der Waals surface area contributed by atoms with Crippen LogP contribution in [0.5, 0.6) is 0 Å². The number of amides is 1. The topological polar surface area (TPSA) is 124 Å². The van der Waals surface area contributed by atoms with Crippen LogP contribution in [-0.4, -0.2) is 55.0 Å². The number of carbonyl (C=O) groups is 1. The fourth-order valence-electron chi connectivity index (χ4n) is 4.18. The van der Waals surface area contributed by atoms with E-state index in [-0.39, 0.29) is 29.8 Å². The van der Waals surface area contributed by atoms with Gasteiger partial charge in [0.2, 0.25) is 0 Å². The smallest absolute Gasteiger partial charge is 0.270 e. The van der Waals surface area contributed by atoms with Crippen LogP contribution in [0.2, 0.25) is 0 Å². The Balaban J connectivity index is 1.66. The summed E-state index contributed by atoms with van der Waals surface area (Å²) in [6.45, 7) is 4.45. The van der Waals surface area contributed by atoms with Gasteiger partial charge < -0.3 is 11.1 Å². The Morgan fingerprint density at radius 1 is 1.19 bits per heavy atom. The summed E-state index contributed by atoms with van der Waals surface area (Å²) in [5.74, 6) is 1.05. The Labute approximate surface area is 211 Å². The van der Waals surface area contributed by atoms with Crippen LogP contribution < -0.4 is 11.1 Å². The summed E-state index contributed by atoms with van der Waals surface area (Å²) in [7, 11) is 0. The van der Waals surface area contributed by atoms with E-state index >= 15 is 0 Å². The molecule has 4 aromatic rings.